The van der Waals surface area contributed by atoms with Crippen LogP contribution in [0.4, 0.5) is 4.39 Å². The van der Waals surface area contributed by atoms with E-state index >= 15 is 0 Å². The zero-order valence-electron chi connectivity index (χ0n) is 15.2. The Balaban J connectivity index is 1.49. The van der Waals surface area contributed by atoms with E-state index in [0.717, 1.165) is 11.1 Å². The minimum absolute atomic E-state index is 0.0798. The fourth-order valence-electron chi connectivity index (χ4n) is 2.48. The molecule has 0 aliphatic rings. The Morgan fingerprint density at radius 1 is 1.19 bits per heavy atom. The van der Waals surface area contributed by atoms with Crippen molar-refractivity contribution in [2.45, 2.75) is 30.7 Å². The van der Waals surface area contributed by atoms with Gasteiger partial charge in [-0.3, -0.25) is 9.89 Å². The van der Waals surface area contributed by atoms with Gasteiger partial charge in [-0.25, -0.2) is 9.37 Å². The van der Waals surface area contributed by atoms with Crippen LogP contribution in [0.15, 0.2) is 53.7 Å². The Morgan fingerprint density at radius 3 is 2.59 bits per heavy atom. The van der Waals surface area contributed by atoms with Gasteiger partial charge in [0.15, 0.2) is 5.82 Å². The van der Waals surface area contributed by atoms with E-state index in [4.69, 9.17) is 0 Å². The van der Waals surface area contributed by atoms with Crippen molar-refractivity contribution >= 4 is 17.7 Å². The lowest BCUT2D eigenvalue weighted by Gasteiger charge is -2.10. The largest absolute Gasteiger partial charge is 0.355 e. The van der Waals surface area contributed by atoms with Crippen LogP contribution < -0.4 is 5.32 Å². The first kappa shape index (κ1) is 19.1. The molecule has 7 heteroatoms. The Labute approximate surface area is 161 Å². The maximum Gasteiger partial charge on any atom is 0.233 e. The summed E-state index contributed by atoms with van der Waals surface area (Å²) in [6.07, 6.45) is 0.654. The summed E-state index contributed by atoms with van der Waals surface area (Å²) in [7, 11) is 0. The lowest BCUT2D eigenvalue weighted by atomic mass is 10.1. The highest BCUT2D eigenvalue weighted by Crippen LogP contribution is 2.23. The van der Waals surface area contributed by atoms with Gasteiger partial charge in [0.25, 0.3) is 0 Å². The van der Waals surface area contributed by atoms with Crippen molar-refractivity contribution in [1.82, 2.24) is 20.5 Å². The molecule has 0 aliphatic heterocycles. The summed E-state index contributed by atoms with van der Waals surface area (Å²) in [6, 6.07) is 14.3. The molecule has 0 saturated heterocycles. The maximum absolute atomic E-state index is 12.9. The molecule has 140 valence electrons. The van der Waals surface area contributed by atoms with Crippen LogP contribution in [0.5, 0.6) is 0 Å². The number of aromatic amines is 1. The van der Waals surface area contributed by atoms with Gasteiger partial charge in [-0.2, -0.15) is 0 Å². The molecule has 5 nitrogen and oxygen atoms in total. The second kappa shape index (κ2) is 8.81. The monoisotopic (exact) mass is 384 g/mol. The number of nitrogens with zero attached hydrogens (tertiary/aromatic N) is 2. The Hall–Kier alpha value is -2.67. The van der Waals surface area contributed by atoms with Crippen molar-refractivity contribution in [3.63, 3.8) is 0 Å². The Bertz CT molecular complexity index is 893. The van der Waals surface area contributed by atoms with Crippen LogP contribution >= 0.6 is 11.8 Å². The number of benzene rings is 2. The van der Waals surface area contributed by atoms with Crippen LogP contribution in [0, 0.1) is 12.7 Å². The van der Waals surface area contributed by atoms with Gasteiger partial charge in [0.2, 0.25) is 11.1 Å². The average Bonchev–Trinajstić information content (AvgIpc) is 3.12. The van der Waals surface area contributed by atoms with E-state index in [0.29, 0.717) is 23.9 Å². The molecule has 1 amide bonds. The number of amides is 1. The zero-order chi connectivity index (χ0) is 19.2. The molecule has 2 N–H and O–H groups in total. The number of hydrogen-bond acceptors (Lipinski definition) is 4. The summed E-state index contributed by atoms with van der Waals surface area (Å²) in [6.45, 7) is 4.35. The van der Waals surface area contributed by atoms with Gasteiger partial charge in [0.1, 0.15) is 5.82 Å². The minimum atomic E-state index is -0.320. The summed E-state index contributed by atoms with van der Waals surface area (Å²) in [5.41, 5.74) is 3.11. The van der Waals surface area contributed by atoms with Gasteiger partial charge >= 0.3 is 0 Å². The molecule has 0 radical (unpaired) electrons. The van der Waals surface area contributed by atoms with E-state index in [9.17, 15) is 9.18 Å². The molecule has 0 bridgehead atoms. The van der Waals surface area contributed by atoms with Crippen molar-refractivity contribution in [3.8, 4) is 11.4 Å². The number of thioether (sulfide) groups is 1. The molecule has 0 unspecified atom stereocenters. The molecule has 0 spiro atoms. The maximum atomic E-state index is 12.9. The third-order valence-electron chi connectivity index (χ3n) is 4.07. The van der Waals surface area contributed by atoms with Gasteiger partial charge in [-0.05, 0) is 38.0 Å². The highest BCUT2D eigenvalue weighted by molar-refractivity contribution is 8.00. The average molecular weight is 384 g/mol. The molecule has 1 atom stereocenters. The molecule has 1 heterocycles. The molecule has 1 aromatic heterocycles. The molecule has 0 saturated carbocycles. The summed E-state index contributed by atoms with van der Waals surface area (Å²) < 4.78 is 12.9. The van der Waals surface area contributed by atoms with Crippen molar-refractivity contribution in [2.24, 2.45) is 0 Å². The molecule has 2 aromatic carbocycles. The number of aryl methyl sites for hydroxylation is 1. The second-order valence-corrected chi connectivity index (χ2v) is 7.57. The SMILES string of the molecule is Cc1ccc(-c2nc(S[C@H](C)C(=O)NCCc3ccc(F)cc3)n[nH]2)cc1. The van der Waals surface area contributed by atoms with Gasteiger partial charge in [-0.15, -0.1) is 5.10 Å². The lowest BCUT2D eigenvalue weighted by molar-refractivity contribution is -0.120. The molecular formula is C20H21FN4OS. The lowest BCUT2D eigenvalue weighted by Crippen LogP contribution is -2.32. The molecule has 3 rings (SSSR count). The van der Waals surface area contributed by atoms with E-state index in [1.165, 1.54) is 29.5 Å². The summed E-state index contributed by atoms with van der Waals surface area (Å²) >= 11 is 1.30. The van der Waals surface area contributed by atoms with Gasteiger partial charge < -0.3 is 5.32 Å². The number of H-pyrrole nitrogens is 1. The van der Waals surface area contributed by atoms with Crippen LogP contribution in [0.3, 0.4) is 0 Å². The number of carbonyl (C=O) groups is 1. The predicted octanol–water partition coefficient (Wildman–Crippen LogP) is 3.76. The van der Waals surface area contributed by atoms with Crippen molar-refractivity contribution in [2.75, 3.05) is 6.54 Å². The first-order valence-electron chi connectivity index (χ1n) is 8.69. The van der Waals surface area contributed by atoms with Gasteiger partial charge in [0, 0.05) is 12.1 Å². The predicted molar refractivity (Wildman–Crippen MR) is 105 cm³/mol. The summed E-state index contributed by atoms with van der Waals surface area (Å²) in [4.78, 5) is 16.7. The number of nitrogens with one attached hydrogen (secondary N) is 2. The first-order valence-corrected chi connectivity index (χ1v) is 9.57. The van der Waals surface area contributed by atoms with Crippen molar-refractivity contribution in [1.29, 1.82) is 0 Å². The first-order chi connectivity index (χ1) is 13.0. The van der Waals surface area contributed by atoms with Gasteiger partial charge in [0.05, 0.1) is 5.25 Å². The van der Waals surface area contributed by atoms with Crippen molar-refractivity contribution < 1.29 is 9.18 Å². The van der Waals surface area contributed by atoms with Crippen LogP contribution in [0.25, 0.3) is 11.4 Å². The van der Waals surface area contributed by atoms with Gasteiger partial charge in [-0.1, -0.05) is 53.7 Å². The van der Waals surface area contributed by atoms with Crippen LogP contribution in [-0.4, -0.2) is 32.9 Å². The fraction of sp³-hybridized carbons (Fsp3) is 0.250. The highest BCUT2D eigenvalue weighted by atomic mass is 32.2. The number of carbonyl (C=O) groups excluding carboxylic acids is 1. The fourth-order valence-corrected chi connectivity index (χ4v) is 3.23. The summed E-state index contributed by atoms with van der Waals surface area (Å²) in [5, 5.41) is 10.2. The number of aromatic nitrogens is 3. The number of rotatable bonds is 7. The standard InChI is InChI=1S/C20H21FN4OS/c1-13-3-7-16(8-4-13)18-23-20(25-24-18)27-14(2)19(26)22-12-11-15-5-9-17(21)10-6-15/h3-10,14H,11-12H2,1-2H3,(H,22,26)(H,23,24,25)/t14-/m1/s1. The number of hydrogen-bond donors (Lipinski definition) is 2. The topological polar surface area (TPSA) is 70.7 Å². The van der Waals surface area contributed by atoms with Crippen LogP contribution in [0.1, 0.15) is 18.1 Å². The quantitative estimate of drug-likeness (QED) is 0.609. The molecule has 3 aromatic rings. The van der Waals surface area contributed by atoms with Crippen LogP contribution in [-0.2, 0) is 11.2 Å². The van der Waals surface area contributed by atoms with E-state index in [-0.39, 0.29) is 17.0 Å². The van der Waals surface area contributed by atoms with E-state index in [2.05, 4.69) is 20.5 Å². The molecule has 0 aliphatic carbocycles. The molecular weight excluding hydrogens is 363 g/mol. The second-order valence-electron chi connectivity index (χ2n) is 6.26. The van der Waals surface area contributed by atoms with E-state index in [1.54, 1.807) is 12.1 Å². The smallest absolute Gasteiger partial charge is 0.233 e. The molecule has 0 fully saturated rings. The zero-order valence-corrected chi connectivity index (χ0v) is 16.0. The normalized spacial score (nSPS) is 12.0. The number of halogens is 1. The van der Waals surface area contributed by atoms with E-state index in [1.807, 2.05) is 38.1 Å². The van der Waals surface area contributed by atoms with Crippen LogP contribution in [0.2, 0.25) is 0 Å². The van der Waals surface area contributed by atoms with Crippen molar-refractivity contribution in [3.05, 3.63) is 65.5 Å². The Kier molecular flexibility index (Phi) is 6.24. The summed E-state index contributed by atoms with van der Waals surface area (Å²) in [5.74, 6) is 0.342. The highest BCUT2D eigenvalue weighted by Gasteiger charge is 2.17. The minimum Gasteiger partial charge on any atom is -0.355 e. The third kappa shape index (κ3) is 5.40. The van der Waals surface area contributed by atoms with E-state index < -0.39 is 0 Å². The Morgan fingerprint density at radius 2 is 1.89 bits per heavy atom. The third-order valence-corrected chi connectivity index (χ3v) is 5.03. The molecule has 27 heavy (non-hydrogen) atoms.